The number of benzene rings is 1. The Morgan fingerprint density at radius 1 is 1.19 bits per heavy atom. The minimum Gasteiger partial charge on any atom is -0.370 e. The maximum atomic E-state index is 3.82. The van der Waals surface area contributed by atoms with Gasteiger partial charge >= 0.3 is 0 Å². The van der Waals surface area contributed by atoms with E-state index in [0.717, 1.165) is 25.6 Å². The van der Waals surface area contributed by atoms with Crippen LogP contribution in [0.25, 0.3) is 0 Å². The molecule has 0 aromatic heterocycles. The number of hydrogen-bond donors (Lipinski definition) is 1. The van der Waals surface area contributed by atoms with Crippen LogP contribution >= 0.6 is 0 Å². The summed E-state index contributed by atoms with van der Waals surface area (Å²) in [4.78, 5) is 2.56. The van der Waals surface area contributed by atoms with Crippen molar-refractivity contribution in [2.75, 3.05) is 24.5 Å². The van der Waals surface area contributed by atoms with Crippen LogP contribution in [0.2, 0.25) is 0 Å². The van der Waals surface area contributed by atoms with E-state index < -0.39 is 0 Å². The Labute approximate surface area is 130 Å². The SMILES string of the molecule is CCCNC(CN(CC)c1ccccc1C)C1CCCC1. The van der Waals surface area contributed by atoms with Gasteiger partial charge in [0, 0.05) is 24.8 Å². The molecule has 0 spiro atoms. The third kappa shape index (κ3) is 4.47. The second-order valence-electron chi connectivity index (χ2n) is 6.43. The molecule has 1 aliphatic rings. The predicted molar refractivity (Wildman–Crippen MR) is 93.1 cm³/mol. The van der Waals surface area contributed by atoms with E-state index >= 15 is 0 Å². The molecule has 1 aromatic rings. The Bertz CT molecular complexity index is 410. The highest BCUT2D eigenvalue weighted by atomic mass is 15.2. The van der Waals surface area contributed by atoms with Crippen LogP contribution in [0, 0.1) is 12.8 Å². The van der Waals surface area contributed by atoms with Crippen LogP contribution in [0.5, 0.6) is 0 Å². The van der Waals surface area contributed by atoms with Crippen LogP contribution in [-0.2, 0) is 0 Å². The van der Waals surface area contributed by atoms with E-state index in [-0.39, 0.29) is 0 Å². The van der Waals surface area contributed by atoms with E-state index in [1.165, 1.54) is 43.4 Å². The molecular weight excluding hydrogens is 256 g/mol. The molecule has 1 fully saturated rings. The minimum atomic E-state index is 0.645. The highest BCUT2D eigenvalue weighted by molar-refractivity contribution is 5.53. The van der Waals surface area contributed by atoms with Gasteiger partial charge < -0.3 is 10.2 Å². The van der Waals surface area contributed by atoms with Crippen molar-refractivity contribution in [3.8, 4) is 0 Å². The van der Waals surface area contributed by atoms with Gasteiger partial charge in [-0.15, -0.1) is 0 Å². The van der Waals surface area contributed by atoms with E-state index in [9.17, 15) is 0 Å². The zero-order valence-corrected chi connectivity index (χ0v) is 14.1. The maximum absolute atomic E-state index is 3.82. The quantitative estimate of drug-likeness (QED) is 0.763. The first-order chi connectivity index (χ1) is 10.3. The van der Waals surface area contributed by atoms with E-state index in [1.54, 1.807) is 0 Å². The molecule has 1 unspecified atom stereocenters. The second-order valence-corrected chi connectivity index (χ2v) is 6.43. The Kier molecular flexibility index (Phi) is 6.56. The summed E-state index contributed by atoms with van der Waals surface area (Å²) >= 11 is 0. The Balaban J connectivity index is 2.07. The van der Waals surface area contributed by atoms with Crippen LogP contribution in [0.1, 0.15) is 51.5 Å². The molecule has 0 heterocycles. The third-order valence-corrected chi connectivity index (χ3v) is 4.88. The molecule has 1 aromatic carbocycles. The van der Waals surface area contributed by atoms with Gasteiger partial charge in [0.05, 0.1) is 0 Å². The van der Waals surface area contributed by atoms with Crippen LogP contribution in [-0.4, -0.2) is 25.7 Å². The molecule has 2 heteroatoms. The molecule has 118 valence electrons. The summed E-state index contributed by atoms with van der Waals surface area (Å²) in [6, 6.07) is 9.43. The summed E-state index contributed by atoms with van der Waals surface area (Å²) in [6.07, 6.45) is 6.88. The van der Waals surface area contributed by atoms with Gasteiger partial charge in [-0.1, -0.05) is 38.0 Å². The van der Waals surface area contributed by atoms with Gasteiger partial charge in [0.25, 0.3) is 0 Å². The number of likely N-dealkylation sites (N-methyl/N-ethyl adjacent to an activating group) is 1. The lowest BCUT2D eigenvalue weighted by Gasteiger charge is -2.33. The van der Waals surface area contributed by atoms with Crippen LogP contribution < -0.4 is 10.2 Å². The van der Waals surface area contributed by atoms with Crippen molar-refractivity contribution >= 4 is 5.69 Å². The van der Waals surface area contributed by atoms with Crippen molar-refractivity contribution in [1.29, 1.82) is 0 Å². The summed E-state index contributed by atoms with van der Waals surface area (Å²) in [5.41, 5.74) is 2.79. The van der Waals surface area contributed by atoms with E-state index in [1.807, 2.05) is 0 Å². The number of nitrogens with one attached hydrogen (secondary N) is 1. The van der Waals surface area contributed by atoms with Crippen molar-refractivity contribution in [3.63, 3.8) is 0 Å². The molecule has 0 radical (unpaired) electrons. The summed E-state index contributed by atoms with van der Waals surface area (Å²) < 4.78 is 0. The average Bonchev–Trinajstić information content (AvgIpc) is 3.03. The lowest BCUT2D eigenvalue weighted by Crippen LogP contribution is -2.45. The summed E-state index contributed by atoms with van der Waals surface area (Å²) in [5.74, 6) is 0.870. The summed E-state index contributed by atoms with van der Waals surface area (Å²) in [5, 5.41) is 3.82. The fourth-order valence-electron chi connectivity index (χ4n) is 3.62. The normalized spacial score (nSPS) is 17.1. The first kappa shape index (κ1) is 16.4. The molecule has 1 aliphatic carbocycles. The molecule has 0 bridgehead atoms. The number of hydrogen-bond acceptors (Lipinski definition) is 2. The van der Waals surface area contributed by atoms with Gasteiger partial charge in [-0.2, -0.15) is 0 Å². The van der Waals surface area contributed by atoms with Gasteiger partial charge in [0.1, 0.15) is 0 Å². The Hall–Kier alpha value is -1.02. The lowest BCUT2D eigenvalue weighted by molar-refractivity contribution is 0.359. The molecule has 2 nitrogen and oxygen atoms in total. The summed E-state index contributed by atoms with van der Waals surface area (Å²) in [6.45, 7) is 10.1. The molecule has 1 atom stereocenters. The monoisotopic (exact) mass is 288 g/mol. The van der Waals surface area contributed by atoms with Gasteiger partial charge in [-0.05, 0) is 57.2 Å². The number of anilines is 1. The van der Waals surface area contributed by atoms with Crippen molar-refractivity contribution in [2.45, 2.75) is 58.9 Å². The highest BCUT2D eigenvalue weighted by Crippen LogP contribution is 2.29. The predicted octanol–water partition coefficient (Wildman–Crippen LogP) is 4.38. The fourth-order valence-corrected chi connectivity index (χ4v) is 3.62. The zero-order chi connectivity index (χ0) is 15.1. The Morgan fingerprint density at radius 2 is 1.90 bits per heavy atom. The molecule has 0 amide bonds. The molecular formula is C19H32N2. The smallest absolute Gasteiger partial charge is 0.0396 e. The third-order valence-electron chi connectivity index (χ3n) is 4.88. The van der Waals surface area contributed by atoms with Gasteiger partial charge in [-0.3, -0.25) is 0 Å². The molecule has 0 saturated heterocycles. The van der Waals surface area contributed by atoms with Gasteiger partial charge in [0.2, 0.25) is 0 Å². The first-order valence-corrected chi connectivity index (χ1v) is 8.80. The number of rotatable bonds is 8. The van der Waals surface area contributed by atoms with E-state index in [2.05, 4.69) is 55.3 Å². The summed E-state index contributed by atoms with van der Waals surface area (Å²) in [7, 11) is 0. The molecule has 0 aliphatic heterocycles. The largest absolute Gasteiger partial charge is 0.370 e. The van der Waals surface area contributed by atoms with Gasteiger partial charge in [-0.25, -0.2) is 0 Å². The van der Waals surface area contributed by atoms with E-state index in [4.69, 9.17) is 0 Å². The van der Waals surface area contributed by atoms with Crippen molar-refractivity contribution in [2.24, 2.45) is 5.92 Å². The van der Waals surface area contributed by atoms with E-state index in [0.29, 0.717) is 6.04 Å². The van der Waals surface area contributed by atoms with Crippen LogP contribution in [0.4, 0.5) is 5.69 Å². The second kappa shape index (κ2) is 8.43. The Morgan fingerprint density at radius 3 is 2.52 bits per heavy atom. The maximum Gasteiger partial charge on any atom is 0.0396 e. The van der Waals surface area contributed by atoms with Gasteiger partial charge in [0.15, 0.2) is 0 Å². The lowest BCUT2D eigenvalue weighted by atomic mass is 9.97. The fraction of sp³-hybridized carbons (Fsp3) is 0.684. The molecule has 1 N–H and O–H groups in total. The molecule has 2 rings (SSSR count). The highest BCUT2D eigenvalue weighted by Gasteiger charge is 2.26. The first-order valence-electron chi connectivity index (χ1n) is 8.80. The number of nitrogens with zero attached hydrogens (tertiary/aromatic N) is 1. The molecule has 21 heavy (non-hydrogen) atoms. The zero-order valence-electron chi connectivity index (χ0n) is 14.1. The van der Waals surface area contributed by atoms with Crippen LogP contribution in [0.15, 0.2) is 24.3 Å². The average molecular weight is 288 g/mol. The van der Waals surface area contributed by atoms with Crippen molar-refractivity contribution < 1.29 is 0 Å². The molecule has 1 saturated carbocycles. The van der Waals surface area contributed by atoms with Crippen molar-refractivity contribution in [3.05, 3.63) is 29.8 Å². The van der Waals surface area contributed by atoms with Crippen LogP contribution in [0.3, 0.4) is 0 Å². The van der Waals surface area contributed by atoms with Crippen molar-refractivity contribution in [1.82, 2.24) is 5.32 Å². The minimum absolute atomic E-state index is 0.645. The topological polar surface area (TPSA) is 15.3 Å². The number of para-hydroxylation sites is 1. The standard InChI is InChI=1S/C19H32N2/c1-4-14-20-18(17-11-7-8-12-17)15-21(5-2)19-13-9-6-10-16(19)3/h6,9-10,13,17-18,20H,4-5,7-8,11-12,14-15H2,1-3H3. The number of aryl methyl sites for hydroxylation is 1.